The molecular weight excluding hydrogens is 304 g/mol. The Labute approximate surface area is 127 Å². The first-order valence-electron chi connectivity index (χ1n) is 6.43. The van der Waals surface area contributed by atoms with Crippen molar-refractivity contribution in [2.45, 2.75) is 6.42 Å². The molecule has 0 saturated carbocycles. The lowest BCUT2D eigenvalue weighted by molar-refractivity contribution is 0.517. The Balaban J connectivity index is 1.85. The summed E-state index contributed by atoms with van der Waals surface area (Å²) < 4.78 is 6.76. The first-order chi connectivity index (χ1) is 10.7. The Bertz CT molecular complexity index is 997. The number of hydrogen-bond donors (Lipinski definition) is 2. The molecular formula is C13H10N6O2S. The fourth-order valence-corrected chi connectivity index (χ4v) is 2.86. The molecule has 0 bridgehead atoms. The van der Waals surface area contributed by atoms with Crippen LogP contribution in [0.15, 0.2) is 39.7 Å². The second-order valence-electron chi connectivity index (χ2n) is 4.62. The third kappa shape index (κ3) is 2.07. The van der Waals surface area contributed by atoms with Crippen LogP contribution in [0, 0.1) is 0 Å². The zero-order chi connectivity index (χ0) is 15.1. The number of nitrogen functional groups attached to an aromatic ring is 1. The van der Waals surface area contributed by atoms with E-state index in [1.165, 1.54) is 15.9 Å². The summed E-state index contributed by atoms with van der Waals surface area (Å²) in [6, 6.07) is 7.19. The number of anilines is 1. The summed E-state index contributed by atoms with van der Waals surface area (Å²) in [4.78, 5) is 15.5. The number of hydrogen-bond acceptors (Lipinski definition) is 7. The predicted octanol–water partition coefficient (Wildman–Crippen LogP) is 1.31. The number of nitrogens with two attached hydrogens (primary N) is 1. The van der Waals surface area contributed by atoms with E-state index >= 15 is 0 Å². The van der Waals surface area contributed by atoms with Crippen molar-refractivity contribution in [3.05, 3.63) is 52.3 Å². The maximum Gasteiger partial charge on any atom is 0.274 e. The normalized spacial score (nSPS) is 11.3. The Hall–Kier alpha value is -2.94. The van der Waals surface area contributed by atoms with E-state index in [-0.39, 0.29) is 11.3 Å². The quantitative estimate of drug-likeness (QED) is 0.589. The minimum absolute atomic E-state index is 0.287. The minimum Gasteiger partial charge on any atom is -0.469 e. The summed E-state index contributed by atoms with van der Waals surface area (Å²) in [6.07, 6.45) is 1.85. The molecule has 0 atom stereocenters. The maximum atomic E-state index is 12.1. The monoisotopic (exact) mass is 314 g/mol. The van der Waals surface area contributed by atoms with Crippen LogP contribution in [0.1, 0.15) is 11.5 Å². The highest BCUT2D eigenvalue weighted by molar-refractivity contribution is 7.19. The lowest BCUT2D eigenvalue weighted by Crippen LogP contribution is -2.19. The number of nitrogens with one attached hydrogen (secondary N) is 1. The molecule has 110 valence electrons. The molecule has 4 aromatic rings. The third-order valence-corrected chi connectivity index (χ3v) is 4.03. The van der Waals surface area contributed by atoms with Crippen molar-refractivity contribution in [2.75, 3.05) is 5.73 Å². The molecule has 0 amide bonds. The second-order valence-corrected chi connectivity index (χ2v) is 5.73. The van der Waals surface area contributed by atoms with Crippen molar-refractivity contribution in [2.24, 2.45) is 0 Å². The van der Waals surface area contributed by atoms with Crippen LogP contribution in [0.2, 0.25) is 0 Å². The van der Waals surface area contributed by atoms with E-state index in [1.807, 2.05) is 6.07 Å². The molecule has 9 heteroatoms. The smallest absolute Gasteiger partial charge is 0.274 e. The SMILES string of the molecule is Nc1ccc(-c2nnc3[nH]c(=O)c(Cc4ccco4)nn23)s1. The second kappa shape index (κ2) is 4.81. The largest absolute Gasteiger partial charge is 0.469 e. The lowest BCUT2D eigenvalue weighted by Gasteiger charge is -2.00. The molecule has 0 unspecified atom stereocenters. The van der Waals surface area contributed by atoms with E-state index < -0.39 is 0 Å². The molecule has 22 heavy (non-hydrogen) atoms. The number of H-pyrrole nitrogens is 1. The topological polar surface area (TPSA) is 115 Å². The summed E-state index contributed by atoms with van der Waals surface area (Å²) in [7, 11) is 0. The first-order valence-corrected chi connectivity index (χ1v) is 7.25. The van der Waals surface area contributed by atoms with Crippen LogP contribution in [0.5, 0.6) is 0 Å². The van der Waals surface area contributed by atoms with E-state index in [1.54, 1.807) is 24.5 Å². The molecule has 0 aliphatic heterocycles. The molecule has 4 heterocycles. The van der Waals surface area contributed by atoms with E-state index in [9.17, 15) is 4.79 Å². The summed E-state index contributed by atoms with van der Waals surface area (Å²) >= 11 is 1.38. The van der Waals surface area contributed by atoms with Gasteiger partial charge in [-0.1, -0.05) is 0 Å². The van der Waals surface area contributed by atoms with Gasteiger partial charge in [0.15, 0.2) is 5.82 Å². The molecule has 0 aliphatic rings. The molecule has 3 N–H and O–H groups in total. The Morgan fingerprint density at radius 2 is 2.23 bits per heavy atom. The van der Waals surface area contributed by atoms with Crippen LogP contribution in [-0.2, 0) is 6.42 Å². The number of thiophene rings is 1. The van der Waals surface area contributed by atoms with Crippen LogP contribution in [0.3, 0.4) is 0 Å². The van der Waals surface area contributed by atoms with E-state index in [0.29, 0.717) is 28.7 Å². The van der Waals surface area contributed by atoms with Gasteiger partial charge in [0.25, 0.3) is 11.3 Å². The number of rotatable bonds is 3. The highest BCUT2D eigenvalue weighted by Crippen LogP contribution is 2.27. The predicted molar refractivity (Wildman–Crippen MR) is 80.6 cm³/mol. The molecule has 0 spiro atoms. The van der Waals surface area contributed by atoms with Crippen LogP contribution < -0.4 is 11.3 Å². The average Bonchev–Trinajstić information content (AvgIpc) is 3.20. The van der Waals surface area contributed by atoms with Gasteiger partial charge in [-0.25, -0.2) is 0 Å². The summed E-state index contributed by atoms with van der Waals surface area (Å²) in [5, 5.41) is 13.0. The average molecular weight is 314 g/mol. The molecule has 4 aromatic heterocycles. The standard InChI is InChI=1S/C13H10N6O2S/c14-10-4-3-9(22-10)11-16-17-13-15-12(20)8(18-19(11)13)6-7-2-1-5-21-7/h1-5H,6,14H2,(H,15,17,20). The van der Waals surface area contributed by atoms with Gasteiger partial charge in [0.05, 0.1) is 22.6 Å². The number of fused-ring (bicyclic) bond motifs is 1. The zero-order valence-electron chi connectivity index (χ0n) is 11.2. The zero-order valence-corrected chi connectivity index (χ0v) is 12.0. The van der Waals surface area contributed by atoms with E-state index in [2.05, 4.69) is 20.3 Å². The van der Waals surface area contributed by atoms with Gasteiger partial charge in [-0.15, -0.1) is 21.5 Å². The maximum absolute atomic E-state index is 12.1. The fourth-order valence-electron chi connectivity index (χ4n) is 2.11. The number of aromatic amines is 1. The van der Waals surface area contributed by atoms with Crippen LogP contribution in [0.25, 0.3) is 16.5 Å². The van der Waals surface area contributed by atoms with E-state index in [4.69, 9.17) is 10.2 Å². The van der Waals surface area contributed by atoms with Gasteiger partial charge in [0.1, 0.15) is 11.5 Å². The molecule has 0 aromatic carbocycles. The third-order valence-electron chi connectivity index (χ3n) is 3.12. The van der Waals surface area contributed by atoms with Gasteiger partial charge in [0, 0.05) is 0 Å². The highest BCUT2D eigenvalue weighted by Gasteiger charge is 2.15. The summed E-state index contributed by atoms with van der Waals surface area (Å²) in [5.41, 5.74) is 5.76. The molecule has 8 nitrogen and oxygen atoms in total. The van der Waals surface area contributed by atoms with Gasteiger partial charge in [0.2, 0.25) is 0 Å². The number of nitrogens with zero attached hydrogens (tertiary/aromatic N) is 4. The number of aromatic nitrogens is 5. The van der Waals surface area contributed by atoms with Crippen molar-refractivity contribution in [3.8, 4) is 10.7 Å². The van der Waals surface area contributed by atoms with Crippen LogP contribution in [-0.4, -0.2) is 24.8 Å². The summed E-state index contributed by atoms with van der Waals surface area (Å²) in [5.74, 6) is 1.48. The molecule has 0 aliphatic carbocycles. The fraction of sp³-hybridized carbons (Fsp3) is 0.0769. The van der Waals surface area contributed by atoms with Gasteiger partial charge >= 0.3 is 0 Å². The molecule has 0 radical (unpaired) electrons. The van der Waals surface area contributed by atoms with Gasteiger partial charge in [-0.3, -0.25) is 9.78 Å². The van der Waals surface area contributed by atoms with Gasteiger partial charge < -0.3 is 10.2 Å². The van der Waals surface area contributed by atoms with Crippen LogP contribution in [0.4, 0.5) is 5.00 Å². The molecule has 0 fully saturated rings. The lowest BCUT2D eigenvalue weighted by atomic mass is 10.2. The Kier molecular flexibility index (Phi) is 2.79. The Morgan fingerprint density at radius 1 is 1.32 bits per heavy atom. The molecule has 0 saturated heterocycles. The highest BCUT2D eigenvalue weighted by atomic mass is 32.1. The van der Waals surface area contributed by atoms with Gasteiger partial charge in [-0.2, -0.15) is 9.61 Å². The van der Waals surface area contributed by atoms with Crippen molar-refractivity contribution in [1.29, 1.82) is 0 Å². The van der Waals surface area contributed by atoms with Crippen molar-refractivity contribution in [1.82, 2.24) is 24.8 Å². The summed E-state index contributed by atoms with van der Waals surface area (Å²) in [6.45, 7) is 0. The molecule has 4 rings (SSSR count). The van der Waals surface area contributed by atoms with Crippen molar-refractivity contribution in [3.63, 3.8) is 0 Å². The van der Waals surface area contributed by atoms with Crippen molar-refractivity contribution < 1.29 is 4.42 Å². The van der Waals surface area contributed by atoms with Crippen LogP contribution >= 0.6 is 11.3 Å². The minimum atomic E-state index is -0.312. The Morgan fingerprint density at radius 3 is 2.95 bits per heavy atom. The van der Waals surface area contributed by atoms with Crippen molar-refractivity contribution >= 4 is 22.1 Å². The first kappa shape index (κ1) is 12.8. The van der Waals surface area contributed by atoms with Gasteiger partial charge in [-0.05, 0) is 24.3 Å². The van der Waals surface area contributed by atoms with E-state index in [0.717, 1.165) is 4.88 Å². The number of furan rings is 1.